The van der Waals surface area contributed by atoms with Gasteiger partial charge in [0.15, 0.2) is 10.7 Å². The van der Waals surface area contributed by atoms with Gasteiger partial charge in [-0.1, -0.05) is 54.1 Å². The molecular weight excluding hydrogens is 406 g/mol. The predicted molar refractivity (Wildman–Crippen MR) is 125 cm³/mol. The second-order valence-corrected chi connectivity index (χ2v) is 8.43. The van der Waals surface area contributed by atoms with Crippen LogP contribution in [0.3, 0.4) is 0 Å². The average molecular weight is 428 g/mol. The van der Waals surface area contributed by atoms with Gasteiger partial charge in [0.1, 0.15) is 5.69 Å². The van der Waals surface area contributed by atoms with E-state index in [-0.39, 0.29) is 5.91 Å². The Bertz CT molecular complexity index is 1380. The molecule has 5 nitrogen and oxygen atoms in total. The Morgan fingerprint density at radius 2 is 1.90 bits per heavy atom. The third kappa shape index (κ3) is 3.78. The Morgan fingerprint density at radius 1 is 1.10 bits per heavy atom. The second-order valence-electron chi connectivity index (χ2n) is 7.57. The highest BCUT2D eigenvalue weighted by atomic mass is 32.1. The molecule has 2 aromatic carbocycles. The average Bonchev–Trinajstić information content (AvgIpc) is 3.48. The van der Waals surface area contributed by atoms with Crippen molar-refractivity contribution >= 4 is 33.5 Å². The molecule has 0 atom stereocenters. The summed E-state index contributed by atoms with van der Waals surface area (Å²) in [6, 6.07) is 20.1. The Balaban J connectivity index is 1.43. The molecule has 3 aromatic heterocycles. The van der Waals surface area contributed by atoms with Crippen molar-refractivity contribution in [3.8, 4) is 11.3 Å². The van der Waals surface area contributed by atoms with Crippen LogP contribution in [-0.4, -0.2) is 15.5 Å². The van der Waals surface area contributed by atoms with E-state index in [9.17, 15) is 4.79 Å². The molecule has 0 radical (unpaired) electrons. The lowest BCUT2D eigenvalue weighted by Gasteiger charge is -2.11. The molecule has 0 fully saturated rings. The molecule has 0 saturated heterocycles. The number of nitrogens with one attached hydrogen (secondary N) is 1. The number of aryl methyl sites for hydroxylation is 2. The first-order chi connectivity index (χ1) is 15.1. The van der Waals surface area contributed by atoms with Crippen LogP contribution in [0, 0.1) is 13.8 Å². The van der Waals surface area contributed by atoms with Crippen molar-refractivity contribution in [3.05, 3.63) is 94.7 Å². The number of furan rings is 1. The summed E-state index contributed by atoms with van der Waals surface area (Å²) in [6.07, 6.45) is 1.65. The summed E-state index contributed by atoms with van der Waals surface area (Å²) in [5, 5.41) is 5.48. The van der Waals surface area contributed by atoms with Gasteiger partial charge in [0.25, 0.3) is 5.91 Å². The van der Waals surface area contributed by atoms with Crippen LogP contribution in [0.25, 0.3) is 22.4 Å². The van der Waals surface area contributed by atoms with Crippen molar-refractivity contribution < 1.29 is 9.21 Å². The highest BCUT2D eigenvalue weighted by Gasteiger charge is 2.19. The summed E-state index contributed by atoms with van der Waals surface area (Å²) < 4.78 is 7.56. The van der Waals surface area contributed by atoms with Crippen LogP contribution in [0.4, 0.5) is 5.13 Å². The Labute approximate surface area is 184 Å². The van der Waals surface area contributed by atoms with Crippen LogP contribution in [0.5, 0.6) is 0 Å². The zero-order valence-corrected chi connectivity index (χ0v) is 18.1. The van der Waals surface area contributed by atoms with Gasteiger partial charge in [-0.05, 0) is 25.0 Å². The van der Waals surface area contributed by atoms with Gasteiger partial charge < -0.3 is 8.98 Å². The maximum atomic E-state index is 13.2. The molecule has 154 valence electrons. The van der Waals surface area contributed by atoms with Crippen LogP contribution in [0.1, 0.15) is 27.2 Å². The van der Waals surface area contributed by atoms with Crippen molar-refractivity contribution in [1.29, 1.82) is 0 Å². The van der Waals surface area contributed by atoms with E-state index in [4.69, 9.17) is 4.42 Å². The smallest absolute Gasteiger partial charge is 0.274 e. The molecule has 0 saturated carbocycles. The molecule has 1 N–H and O–H groups in total. The maximum absolute atomic E-state index is 13.2. The highest BCUT2D eigenvalue weighted by molar-refractivity contribution is 7.14. The fourth-order valence-corrected chi connectivity index (χ4v) is 4.36. The fourth-order valence-electron chi connectivity index (χ4n) is 3.64. The number of hydrogen-bond donors (Lipinski definition) is 1. The van der Waals surface area contributed by atoms with E-state index in [0.29, 0.717) is 23.0 Å². The summed E-state index contributed by atoms with van der Waals surface area (Å²) in [7, 11) is 0. The number of anilines is 1. The lowest BCUT2D eigenvalue weighted by atomic mass is 10.1. The molecule has 0 aliphatic carbocycles. The third-order valence-corrected chi connectivity index (χ3v) is 6.17. The molecule has 5 rings (SSSR count). The van der Waals surface area contributed by atoms with Gasteiger partial charge in [0.05, 0.1) is 17.5 Å². The standard InChI is InChI=1S/C25H21N3O2S/c1-16-7-9-18(10-8-16)20-15-31-25(26-20)27-24(29)22-13-23-21(11-12-30-23)28(22)14-19-6-4-3-5-17(19)2/h3-13,15H,14H2,1-2H3,(H,26,27,29). The lowest BCUT2D eigenvalue weighted by molar-refractivity contribution is 0.101. The zero-order chi connectivity index (χ0) is 21.4. The number of thiazole rings is 1. The maximum Gasteiger partial charge on any atom is 0.274 e. The number of aromatic nitrogens is 2. The number of benzene rings is 2. The SMILES string of the molecule is Cc1ccc(-c2csc(NC(=O)c3cc4occc4n3Cc3ccccc3C)n2)cc1. The number of nitrogens with zero attached hydrogens (tertiary/aromatic N) is 2. The number of rotatable bonds is 5. The topological polar surface area (TPSA) is 60.1 Å². The van der Waals surface area contributed by atoms with Gasteiger partial charge in [-0.2, -0.15) is 0 Å². The van der Waals surface area contributed by atoms with Crippen molar-refractivity contribution in [2.75, 3.05) is 5.32 Å². The third-order valence-electron chi connectivity index (χ3n) is 5.42. The molecule has 1 amide bonds. The van der Waals surface area contributed by atoms with Crippen molar-refractivity contribution in [3.63, 3.8) is 0 Å². The fraction of sp³-hybridized carbons (Fsp3) is 0.120. The number of carbonyl (C=O) groups is 1. The summed E-state index contributed by atoms with van der Waals surface area (Å²) >= 11 is 1.42. The minimum atomic E-state index is -0.204. The number of fused-ring (bicyclic) bond motifs is 1. The van der Waals surface area contributed by atoms with Crippen molar-refractivity contribution in [2.45, 2.75) is 20.4 Å². The van der Waals surface area contributed by atoms with E-state index < -0.39 is 0 Å². The van der Waals surface area contributed by atoms with E-state index in [0.717, 1.165) is 22.3 Å². The molecule has 0 aliphatic rings. The van der Waals surface area contributed by atoms with Crippen LogP contribution >= 0.6 is 11.3 Å². The highest BCUT2D eigenvalue weighted by Crippen LogP contribution is 2.27. The molecule has 0 unspecified atom stereocenters. The van der Waals surface area contributed by atoms with Gasteiger partial charge >= 0.3 is 0 Å². The molecule has 0 aliphatic heterocycles. The molecule has 5 aromatic rings. The first-order valence-electron chi connectivity index (χ1n) is 10.0. The number of hydrogen-bond acceptors (Lipinski definition) is 4. The van der Waals surface area contributed by atoms with Crippen LogP contribution in [0.2, 0.25) is 0 Å². The molecule has 0 bridgehead atoms. The summed E-state index contributed by atoms with van der Waals surface area (Å²) in [5.41, 5.74) is 7.56. The molecular formula is C25H21N3O2S. The Morgan fingerprint density at radius 3 is 2.71 bits per heavy atom. The van der Waals surface area contributed by atoms with Crippen LogP contribution < -0.4 is 5.32 Å². The Hall–Kier alpha value is -3.64. The molecule has 31 heavy (non-hydrogen) atoms. The summed E-state index contributed by atoms with van der Waals surface area (Å²) in [4.78, 5) is 17.8. The molecule has 3 heterocycles. The second kappa shape index (κ2) is 7.89. The van der Waals surface area contributed by atoms with Gasteiger partial charge in [-0.15, -0.1) is 11.3 Å². The van der Waals surface area contributed by atoms with E-state index in [1.807, 2.05) is 40.3 Å². The zero-order valence-electron chi connectivity index (χ0n) is 17.3. The van der Waals surface area contributed by atoms with E-state index in [1.165, 1.54) is 22.5 Å². The van der Waals surface area contributed by atoms with E-state index in [2.05, 4.69) is 48.4 Å². The van der Waals surface area contributed by atoms with Gasteiger partial charge in [-0.3, -0.25) is 10.1 Å². The van der Waals surface area contributed by atoms with Crippen molar-refractivity contribution in [2.24, 2.45) is 0 Å². The first kappa shape index (κ1) is 19.3. The van der Waals surface area contributed by atoms with Crippen molar-refractivity contribution in [1.82, 2.24) is 9.55 Å². The van der Waals surface area contributed by atoms with Crippen LogP contribution in [0.15, 0.2) is 76.7 Å². The van der Waals surface area contributed by atoms with Gasteiger partial charge in [0, 0.05) is 29.6 Å². The quantitative estimate of drug-likeness (QED) is 0.359. The summed E-state index contributed by atoms with van der Waals surface area (Å²) in [6.45, 7) is 4.72. The minimum absolute atomic E-state index is 0.204. The van der Waals surface area contributed by atoms with Crippen LogP contribution in [-0.2, 0) is 6.54 Å². The number of carbonyl (C=O) groups excluding carboxylic acids is 1. The van der Waals surface area contributed by atoms with E-state index >= 15 is 0 Å². The predicted octanol–water partition coefficient (Wildman–Crippen LogP) is 6.28. The largest absolute Gasteiger partial charge is 0.463 e. The van der Waals surface area contributed by atoms with Gasteiger partial charge in [0.2, 0.25) is 0 Å². The monoisotopic (exact) mass is 427 g/mol. The summed E-state index contributed by atoms with van der Waals surface area (Å²) in [5.74, 6) is -0.204. The van der Waals surface area contributed by atoms with E-state index in [1.54, 1.807) is 12.3 Å². The molecule has 0 spiro atoms. The first-order valence-corrected chi connectivity index (χ1v) is 10.9. The van der Waals surface area contributed by atoms with Gasteiger partial charge in [-0.25, -0.2) is 4.98 Å². The lowest BCUT2D eigenvalue weighted by Crippen LogP contribution is -2.17. The molecule has 6 heteroatoms. The number of amides is 1. The Kier molecular flexibility index (Phi) is 4.92. The normalized spacial score (nSPS) is 11.2. The minimum Gasteiger partial charge on any atom is -0.463 e.